The van der Waals surface area contributed by atoms with Crippen LogP contribution in [0.1, 0.15) is 38.5 Å². The van der Waals surface area contributed by atoms with Crippen LogP contribution in [0.15, 0.2) is 11.5 Å². The fourth-order valence-corrected chi connectivity index (χ4v) is 3.30. The highest BCUT2D eigenvalue weighted by atomic mass is 16.5. The van der Waals surface area contributed by atoms with Gasteiger partial charge in [-0.05, 0) is 12.8 Å². The number of aliphatic hydroxyl groups excluding tert-OH is 1. The molecule has 6 nitrogen and oxygen atoms in total. The van der Waals surface area contributed by atoms with E-state index in [2.05, 4.69) is 0 Å². The molecule has 1 amide bonds. The maximum Gasteiger partial charge on any atom is 0.295 e. The van der Waals surface area contributed by atoms with Gasteiger partial charge in [-0.1, -0.05) is 19.3 Å². The number of methoxy groups -OCH3 is 2. The molecular weight excluding hydrogens is 262 g/mol. The molecular formula is C14H23NO5. The summed E-state index contributed by atoms with van der Waals surface area (Å²) in [5.41, 5.74) is -1.60. The molecule has 1 heterocycles. The van der Waals surface area contributed by atoms with Gasteiger partial charge in [0.2, 0.25) is 11.5 Å². The molecule has 0 aromatic heterocycles. The lowest BCUT2D eigenvalue weighted by molar-refractivity contribution is -0.160. The normalized spacial score (nSPS) is 28.2. The lowest BCUT2D eigenvalue weighted by atomic mass is 9.92. The van der Waals surface area contributed by atoms with E-state index in [4.69, 9.17) is 9.47 Å². The van der Waals surface area contributed by atoms with Crippen LogP contribution in [0.5, 0.6) is 0 Å². The number of carbonyl (C=O) groups excluding carboxylic acids is 1. The zero-order chi connectivity index (χ0) is 14.8. The van der Waals surface area contributed by atoms with Gasteiger partial charge in [-0.25, -0.2) is 0 Å². The maximum absolute atomic E-state index is 12.5. The van der Waals surface area contributed by atoms with Gasteiger partial charge in [0, 0.05) is 19.1 Å². The van der Waals surface area contributed by atoms with E-state index < -0.39 is 5.72 Å². The average molecular weight is 285 g/mol. The van der Waals surface area contributed by atoms with E-state index in [1.807, 2.05) is 0 Å². The van der Waals surface area contributed by atoms with E-state index in [9.17, 15) is 15.0 Å². The van der Waals surface area contributed by atoms with Gasteiger partial charge in [0.25, 0.3) is 5.91 Å². The molecule has 6 heteroatoms. The molecule has 2 aliphatic rings. The van der Waals surface area contributed by atoms with Crippen molar-refractivity contribution in [2.45, 2.75) is 50.3 Å². The second kappa shape index (κ2) is 6.01. The Morgan fingerprint density at radius 1 is 1.25 bits per heavy atom. The van der Waals surface area contributed by atoms with Crippen molar-refractivity contribution in [2.75, 3.05) is 20.8 Å². The Bertz CT molecular complexity index is 402. The van der Waals surface area contributed by atoms with E-state index in [1.54, 1.807) is 0 Å². The summed E-state index contributed by atoms with van der Waals surface area (Å²) < 4.78 is 10.3. The predicted molar refractivity (Wildman–Crippen MR) is 71.4 cm³/mol. The molecule has 114 valence electrons. The van der Waals surface area contributed by atoms with Crippen LogP contribution in [0.25, 0.3) is 0 Å². The summed E-state index contributed by atoms with van der Waals surface area (Å²) >= 11 is 0. The van der Waals surface area contributed by atoms with Gasteiger partial charge in [-0.15, -0.1) is 0 Å². The number of ether oxygens (including phenoxy) is 2. The van der Waals surface area contributed by atoms with Crippen LogP contribution in [-0.4, -0.2) is 53.6 Å². The maximum atomic E-state index is 12.5. The van der Waals surface area contributed by atoms with Crippen molar-refractivity contribution < 1.29 is 24.5 Å². The molecule has 20 heavy (non-hydrogen) atoms. The number of nitrogens with zero attached hydrogens (tertiary/aromatic N) is 1. The molecule has 0 saturated heterocycles. The van der Waals surface area contributed by atoms with Crippen molar-refractivity contribution in [3.63, 3.8) is 0 Å². The first kappa shape index (κ1) is 15.1. The molecule has 2 rings (SSSR count). The Morgan fingerprint density at radius 2 is 1.90 bits per heavy atom. The number of aliphatic hydroxyl groups is 2. The van der Waals surface area contributed by atoms with Crippen LogP contribution < -0.4 is 0 Å². The number of hydrogen-bond acceptors (Lipinski definition) is 5. The monoisotopic (exact) mass is 285 g/mol. The smallest absolute Gasteiger partial charge is 0.295 e. The Morgan fingerprint density at radius 3 is 2.40 bits per heavy atom. The molecule has 1 saturated carbocycles. The van der Waals surface area contributed by atoms with Gasteiger partial charge in [-0.3, -0.25) is 9.69 Å². The molecule has 0 radical (unpaired) electrons. The van der Waals surface area contributed by atoms with Crippen molar-refractivity contribution in [3.05, 3.63) is 11.5 Å². The van der Waals surface area contributed by atoms with Gasteiger partial charge in [0.05, 0.1) is 14.2 Å². The van der Waals surface area contributed by atoms with Crippen LogP contribution in [0, 0.1) is 0 Å². The number of amides is 1. The molecule has 1 unspecified atom stereocenters. The van der Waals surface area contributed by atoms with Crippen molar-refractivity contribution in [3.8, 4) is 0 Å². The highest BCUT2D eigenvalue weighted by molar-refractivity contribution is 5.96. The minimum Gasteiger partial charge on any atom is -0.492 e. The fourth-order valence-electron chi connectivity index (χ4n) is 3.30. The number of hydrogen-bond donors (Lipinski definition) is 2. The summed E-state index contributed by atoms with van der Waals surface area (Å²) in [5.74, 6) is -0.217. The SMILES string of the molecule is COC1=C(OC)C(O)(CCO)N(C2CCCCC2)C1=O. The van der Waals surface area contributed by atoms with Gasteiger partial charge < -0.3 is 19.7 Å². The van der Waals surface area contributed by atoms with Crippen LogP contribution >= 0.6 is 0 Å². The zero-order valence-electron chi connectivity index (χ0n) is 12.1. The lowest BCUT2D eigenvalue weighted by Crippen LogP contribution is -2.54. The quantitative estimate of drug-likeness (QED) is 0.779. The Kier molecular flexibility index (Phi) is 4.55. The van der Waals surface area contributed by atoms with E-state index in [0.717, 1.165) is 32.1 Å². The Balaban J connectivity index is 2.37. The summed E-state index contributed by atoms with van der Waals surface area (Å²) in [6.07, 6.45) is 4.95. The van der Waals surface area contributed by atoms with Gasteiger partial charge >= 0.3 is 0 Å². The van der Waals surface area contributed by atoms with Crippen molar-refractivity contribution in [1.82, 2.24) is 4.90 Å². The molecule has 1 aliphatic heterocycles. The summed E-state index contributed by atoms with van der Waals surface area (Å²) in [7, 11) is 2.78. The summed E-state index contributed by atoms with van der Waals surface area (Å²) in [6.45, 7) is -0.239. The third-order valence-corrected chi connectivity index (χ3v) is 4.19. The summed E-state index contributed by atoms with van der Waals surface area (Å²) in [4.78, 5) is 14.0. The molecule has 0 spiro atoms. The minimum absolute atomic E-state index is 0.0191. The standard InChI is InChI=1S/C14H23NO5/c1-19-11-12(20-2)14(18,8-9-16)15(13(11)17)10-6-4-3-5-7-10/h10,16,18H,3-9H2,1-2H3. The zero-order valence-corrected chi connectivity index (χ0v) is 12.1. The van der Waals surface area contributed by atoms with E-state index in [-0.39, 0.29) is 36.5 Å². The first-order valence-electron chi connectivity index (χ1n) is 7.09. The topological polar surface area (TPSA) is 79.2 Å². The van der Waals surface area contributed by atoms with Crippen LogP contribution in [0.4, 0.5) is 0 Å². The second-order valence-corrected chi connectivity index (χ2v) is 5.32. The highest BCUT2D eigenvalue weighted by Crippen LogP contribution is 2.41. The Labute approximate surface area is 119 Å². The summed E-state index contributed by atoms with van der Waals surface area (Å²) in [5, 5.41) is 20.2. The molecule has 1 aliphatic carbocycles. The first-order chi connectivity index (χ1) is 9.60. The molecule has 1 atom stereocenters. The Hall–Kier alpha value is -1.27. The minimum atomic E-state index is -1.60. The van der Waals surface area contributed by atoms with Crippen LogP contribution in [0.3, 0.4) is 0 Å². The predicted octanol–water partition coefficient (Wildman–Crippen LogP) is 0.737. The second-order valence-electron chi connectivity index (χ2n) is 5.32. The van der Waals surface area contributed by atoms with Crippen molar-refractivity contribution in [1.29, 1.82) is 0 Å². The average Bonchev–Trinajstić information content (AvgIpc) is 2.66. The van der Waals surface area contributed by atoms with Crippen LogP contribution in [-0.2, 0) is 14.3 Å². The first-order valence-corrected chi connectivity index (χ1v) is 7.09. The third-order valence-electron chi connectivity index (χ3n) is 4.19. The molecule has 0 bridgehead atoms. The van der Waals surface area contributed by atoms with Crippen molar-refractivity contribution >= 4 is 5.91 Å². The third kappa shape index (κ3) is 2.27. The van der Waals surface area contributed by atoms with Crippen molar-refractivity contribution in [2.24, 2.45) is 0 Å². The lowest BCUT2D eigenvalue weighted by Gasteiger charge is -2.41. The highest BCUT2D eigenvalue weighted by Gasteiger charge is 2.55. The van der Waals surface area contributed by atoms with E-state index >= 15 is 0 Å². The fraction of sp³-hybridized carbons (Fsp3) is 0.786. The molecule has 0 aromatic carbocycles. The molecule has 1 fully saturated rings. The number of rotatable bonds is 5. The van der Waals surface area contributed by atoms with Gasteiger partial charge in [0.15, 0.2) is 5.76 Å². The van der Waals surface area contributed by atoms with Gasteiger partial charge in [0.1, 0.15) is 0 Å². The molecule has 2 N–H and O–H groups in total. The van der Waals surface area contributed by atoms with E-state index in [0.29, 0.717) is 0 Å². The van der Waals surface area contributed by atoms with Crippen LogP contribution in [0.2, 0.25) is 0 Å². The van der Waals surface area contributed by atoms with E-state index in [1.165, 1.54) is 19.1 Å². The summed E-state index contributed by atoms with van der Waals surface area (Å²) in [6, 6.07) is -0.0365. The van der Waals surface area contributed by atoms with Gasteiger partial charge in [-0.2, -0.15) is 0 Å². The number of carbonyl (C=O) groups is 1. The molecule has 0 aromatic rings. The largest absolute Gasteiger partial charge is 0.492 e.